The molecular formula is C75H120O6. The van der Waals surface area contributed by atoms with Gasteiger partial charge in [0.05, 0.1) is 0 Å². The first-order valence-electron chi connectivity index (χ1n) is 33.0. The number of carbonyl (C=O) groups excluding carboxylic acids is 3. The molecular weight excluding hydrogens is 997 g/mol. The van der Waals surface area contributed by atoms with Crippen LogP contribution in [0.25, 0.3) is 0 Å². The second-order valence-electron chi connectivity index (χ2n) is 21.3. The Balaban J connectivity index is 4.33. The lowest BCUT2D eigenvalue weighted by Gasteiger charge is -2.18. The van der Waals surface area contributed by atoms with Gasteiger partial charge in [0.15, 0.2) is 6.10 Å². The lowest BCUT2D eigenvalue weighted by Crippen LogP contribution is -2.30. The molecule has 0 rings (SSSR count). The first-order valence-corrected chi connectivity index (χ1v) is 33.0. The Kier molecular flexibility index (Phi) is 63.4. The third-order valence-corrected chi connectivity index (χ3v) is 13.5. The van der Waals surface area contributed by atoms with Crippen molar-refractivity contribution in [2.75, 3.05) is 13.2 Å². The Morgan fingerprint density at radius 3 is 0.765 bits per heavy atom. The standard InChI is InChI=1S/C75H120O6/c1-4-7-10-13-16-19-22-25-27-28-29-30-31-32-33-34-35-36-37-38-39-40-41-42-43-44-45-46-48-50-53-56-59-62-65-68-74(77)80-71-72(70-79-73(76)67-64-61-58-55-52-49-24-21-18-15-12-9-6-3)81-75(78)69-66-63-60-57-54-51-47-26-23-20-17-14-11-8-5-2/h7,9-10,12,16,18-19,21,25,27,29-30,32-33,35-36,38-39,41-42,44-45,48-50,52,72H,4-6,8,11,13-15,17,20,22-24,26,28,31,34,37,40,43,46-47,51,53-71H2,1-3H3/b10-7-,12-9-,19-16-,21-18-,27-25-,30-29-,33-32-,36-35-,39-38-,42-41-,45-44-,50-48-,52-49-. The second kappa shape index (κ2) is 67.5. The summed E-state index contributed by atoms with van der Waals surface area (Å²) >= 11 is 0. The number of unbranched alkanes of at least 4 members (excludes halogenated alkanes) is 21. The summed E-state index contributed by atoms with van der Waals surface area (Å²) in [6.07, 6.45) is 98.3. The zero-order valence-electron chi connectivity index (χ0n) is 52.2. The minimum atomic E-state index is -0.806. The van der Waals surface area contributed by atoms with Crippen LogP contribution in [0.15, 0.2) is 158 Å². The number of ether oxygens (including phenoxy) is 3. The molecule has 1 atom stereocenters. The van der Waals surface area contributed by atoms with Gasteiger partial charge in [0.2, 0.25) is 0 Å². The molecule has 0 aromatic carbocycles. The van der Waals surface area contributed by atoms with E-state index in [1.165, 1.54) is 77.0 Å². The minimum Gasteiger partial charge on any atom is -0.462 e. The average molecular weight is 1120 g/mol. The van der Waals surface area contributed by atoms with Crippen molar-refractivity contribution in [3.8, 4) is 0 Å². The molecule has 0 saturated heterocycles. The Morgan fingerprint density at radius 2 is 0.481 bits per heavy atom. The molecule has 456 valence electrons. The summed E-state index contributed by atoms with van der Waals surface area (Å²) in [7, 11) is 0. The monoisotopic (exact) mass is 1120 g/mol. The molecule has 0 aromatic rings. The molecule has 0 aliphatic heterocycles. The van der Waals surface area contributed by atoms with Gasteiger partial charge in [-0.1, -0.05) is 288 Å². The lowest BCUT2D eigenvalue weighted by molar-refractivity contribution is -0.167. The van der Waals surface area contributed by atoms with Crippen molar-refractivity contribution in [1.82, 2.24) is 0 Å². The van der Waals surface area contributed by atoms with Crippen molar-refractivity contribution in [3.05, 3.63) is 158 Å². The Bertz CT molecular complexity index is 1810. The molecule has 0 aliphatic rings. The van der Waals surface area contributed by atoms with Crippen molar-refractivity contribution in [2.45, 2.75) is 284 Å². The van der Waals surface area contributed by atoms with E-state index in [2.05, 4.69) is 179 Å². The van der Waals surface area contributed by atoms with Crippen LogP contribution in [0.5, 0.6) is 0 Å². The average Bonchev–Trinajstić information content (AvgIpc) is 3.46. The van der Waals surface area contributed by atoms with Crippen molar-refractivity contribution < 1.29 is 28.6 Å². The van der Waals surface area contributed by atoms with Crippen LogP contribution < -0.4 is 0 Å². The summed E-state index contributed by atoms with van der Waals surface area (Å²) in [6, 6.07) is 0. The highest BCUT2D eigenvalue weighted by atomic mass is 16.6. The van der Waals surface area contributed by atoms with Gasteiger partial charge in [0, 0.05) is 19.3 Å². The van der Waals surface area contributed by atoms with Gasteiger partial charge >= 0.3 is 17.9 Å². The van der Waals surface area contributed by atoms with E-state index >= 15 is 0 Å². The van der Waals surface area contributed by atoms with E-state index in [-0.39, 0.29) is 31.1 Å². The van der Waals surface area contributed by atoms with Gasteiger partial charge in [0.1, 0.15) is 13.2 Å². The molecule has 0 saturated carbocycles. The summed E-state index contributed by atoms with van der Waals surface area (Å²) in [5.41, 5.74) is 0. The predicted octanol–water partition coefficient (Wildman–Crippen LogP) is 22.9. The number of rotatable bonds is 58. The maximum Gasteiger partial charge on any atom is 0.306 e. The molecule has 0 fully saturated rings. The first kappa shape index (κ1) is 76.0. The molecule has 81 heavy (non-hydrogen) atoms. The molecule has 0 aliphatic carbocycles. The number of hydrogen-bond acceptors (Lipinski definition) is 6. The van der Waals surface area contributed by atoms with E-state index in [9.17, 15) is 14.4 Å². The smallest absolute Gasteiger partial charge is 0.306 e. The van der Waals surface area contributed by atoms with Crippen LogP contribution in [-0.4, -0.2) is 37.2 Å². The van der Waals surface area contributed by atoms with Gasteiger partial charge in [-0.15, -0.1) is 0 Å². The van der Waals surface area contributed by atoms with E-state index in [4.69, 9.17) is 14.2 Å². The second-order valence-corrected chi connectivity index (χ2v) is 21.3. The summed E-state index contributed by atoms with van der Waals surface area (Å²) in [5.74, 6) is -0.956. The van der Waals surface area contributed by atoms with Gasteiger partial charge in [-0.2, -0.15) is 0 Å². The van der Waals surface area contributed by atoms with Gasteiger partial charge in [0.25, 0.3) is 0 Å². The van der Waals surface area contributed by atoms with Crippen LogP contribution in [0.2, 0.25) is 0 Å². The number of carbonyl (C=O) groups is 3. The zero-order valence-corrected chi connectivity index (χ0v) is 52.2. The normalized spacial score (nSPS) is 13.2. The van der Waals surface area contributed by atoms with Crippen LogP contribution in [0.1, 0.15) is 278 Å². The molecule has 0 amide bonds. The van der Waals surface area contributed by atoms with Crippen LogP contribution in [-0.2, 0) is 28.6 Å². The summed E-state index contributed by atoms with van der Waals surface area (Å²) in [6.45, 7) is 6.37. The Morgan fingerprint density at radius 1 is 0.259 bits per heavy atom. The molecule has 1 unspecified atom stereocenters. The Labute approximate surface area is 499 Å². The summed E-state index contributed by atoms with van der Waals surface area (Å²) < 4.78 is 16.9. The third-order valence-electron chi connectivity index (χ3n) is 13.5. The van der Waals surface area contributed by atoms with Gasteiger partial charge in [-0.05, 0) is 128 Å². The molecule has 0 heterocycles. The van der Waals surface area contributed by atoms with E-state index in [1.807, 2.05) is 0 Å². The van der Waals surface area contributed by atoms with Crippen LogP contribution in [0.3, 0.4) is 0 Å². The molecule has 0 aromatic heterocycles. The molecule has 6 heteroatoms. The fourth-order valence-corrected chi connectivity index (χ4v) is 8.66. The van der Waals surface area contributed by atoms with Crippen LogP contribution in [0.4, 0.5) is 0 Å². The maximum absolute atomic E-state index is 12.9. The van der Waals surface area contributed by atoms with E-state index in [1.54, 1.807) is 0 Å². The summed E-state index contributed by atoms with van der Waals surface area (Å²) in [4.78, 5) is 38.2. The van der Waals surface area contributed by atoms with Gasteiger partial charge < -0.3 is 14.2 Å². The SMILES string of the molecule is CC/C=C\C/C=C\C/C=C\C/C=C\C/C=C\C/C=C\C/C=C\C/C=C\C/C=C\C/C=C\CCCCCCC(=O)OCC(COC(=O)CCCCC/C=C\C/C=C\C/C=C\CC)OC(=O)CCCCCCCCCCCCCCCCC. The predicted molar refractivity (Wildman–Crippen MR) is 352 cm³/mol. The largest absolute Gasteiger partial charge is 0.462 e. The van der Waals surface area contributed by atoms with Crippen molar-refractivity contribution in [3.63, 3.8) is 0 Å². The highest BCUT2D eigenvalue weighted by Gasteiger charge is 2.19. The van der Waals surface area contributed by atoms with Gasteiger partial charge in [-0.3, -0.25) is 14.4 Å². The highest BCUT2D eigenvalue weighted by Crippen LogP contribution is 2.15. The van der Waals surface area contributed by atoms with E-state index in [0.717, 1.165) is 161 Å². The minimum absolute atomic E-state index is 0.104. The van der Waals surface area contributed by atoms with E-state index < -0.39 is 6.10 Å². The van der Waals surface area contributed by atoms with Crippen LogP contribution in [0, 0.1) is 0 Å². The van der Waals surface area contributed by atoms with Crippen molar-refractivity contribution in [2.24, 2.45) is 0 Å². The lowest BCUT2D eigenvalue weighted by atomic mass is 10.0. The number of hydrogen-bond donors (Lipinski definition) is 0. The molecule has 0 N–H and O–H groups in total. The van der Waals surface area contributed by atoms with Crippen LogP contribution >= 0.6 is 0 Å². The fourth-order valence-electron chi connectivity index (χ4n) is 8.66. The van der Waals surface area contributed by atoms with E-state index in [0.29, 0.717) is 19.3 Å². The highest BCUT2D eigenvalue weighted by molar-refractivity contribution is 5.71. The molecule has 0 bridgehead atoms. The summed E-state index contributed by atoms with van der Waals surface area (Å²) in [5, 5.41) is 0. The first-order chi connectivity index (χ1) is 40.0. The van der Waals surface area contributed by atoms with Crippen molar-refractivity contribution >= 4 is 17.9 Å². The molecule has 6 nitrogen and oxygen atoms in total. The Hall–Kier alpha value is -4.97. The molecule has 0 spiro atoms. The van der Waals surface area contributed by atoms with Gasteiger partial charge in [-0.25, -0.2) is 0 Å². The quantitative estimate of drug-likeness (QED) is 0.0261. The third kappa shape index (κ3) is 65.7. The zero-order chi connectivity index (χ0) is 58.5. The number of esters is 3. The topological polar surface area (TPSA) is 78.9 Å². The fraction of sp³-hybridized carbons (Fsp3) is 0.613. The maximum atomic E-state index is 12.9. The number of allylic oxidation sites excluding steroid dienone is 26. The van der Waals surface area contributed by atoms with Crippen molar-refractivity contribution in [1.29, 1.82) is 0 Å². The molecule has 0 radical (unpaired) electrons.